The van der Waals surface area contributed by atoms with Gasteiger partial charge in [-0.25, -0.2) is 9.59 Å². The Morgan fingerprint density at radius 2 is 1.69 bits per heavy atom. The molecular formula is C24H37N3O5. The van der Waals surface area contributed by atoms with E-state index in [2.05, 4.69) is 10.2 Å². The molecule has 0 unspecified atom stereocenters. The summed E-state index contributed by atoms with van der Waals surface area (Å²) in [5, 5.41) is 2.89. The number of anilines is 2. The van der Waals surface area contributed by atoms with Crippen molar-refractivity contribution in [3.8, 4) is 5.75 Å². The van der Waals surface area contributed by atoms with Gasteiger partial charge in [0.25, 0.3) is 0 Å². The first-order valence-corrected chi connectivity index (χ1v) is 11.4. The number of nitrogens with one attached hydrogen (secondary N) is 1. The van der Waals surface area contributed by atoms with Crippen LogP contribution in [0.2, 0.25) is 0 Å². The van der Waals surface area contributed by atoms with Gasteiger partial charge in [0.15, 0.2) is 0 Å². The zero-order valence-corrected chi connectivity index (χ0v) is 20.2. The monoisotopic (exact) mass is 447 g/mol. The van der Waals surface area contributed by atoms with Gasteiger partial charge in [-0.05, 0) is 78.5 Å². The highest BCUT2D eigenvalue weighted by molar-refractivity contribution is 5.91. The number of hydrogen-bond acceptors (Lipinski definition) is 6. The number of amides is 2. The van der Waals surface area contributed by atoms with Gasteiger partial charge in [-0.3, -0.25) is 4.90 Å². The normalized spacial score (nSPS) is 17.3. The Morgan fingerprint density at radius 1 is 1.03 bits per heavy atom. The maximum absolute atomic E-state index is 12.7. The SMILES string of the molecule is CC(C)(C)OC(=O)NCC1CCN(c2ccc3c(c2)N(C(=O)OC(C)(C)C)CCO3)CC1. The molecule has 2 aliphatic heterocycles. The highest BCUT2D eigenvalue weighted by atomic mass is 16.6. The molecule has 8 heteroatoms. The van der Waals surface area contributed by atoms with E-state index in [1.54, 1.807) is 4.90 Å². The number of fused-ring (bicyclic) bond motifs is 1. The van der Waals surface area contributed by atoms with Crippen molar-refractivity contribution in [2.75, 3.05) is 42.6 Å². The lowest BCUT2D eigenvalue weighted by Crippen LogP contribution is -2.42. The molecule has 1 N–H and O–H groups in total. The average molecular weight is 448 g/mol. The minimum atomic E-state index is -0.553. The lowest BCUT2D eigenvalue weighted by molar-refractivity contribution is 0.0514. The number of carbonyl (C=O) groups is 2. The van der Waals surface area contributed by atoms with Gasteiger partial charge in [0.1, 0.15) is 23.6 Å². The quantitative estimate of drug-likeness (QED) is 0.732. The van der Waals surface area contributed by atoms with E-state index in [4.69, 9.17) is 14.2 Å². The molecule has 1 aromatic rings. The molecular weight excluding hydrogens is 410 g/mol. The third kappa shape index (κ3) is 6.68. The Hall–Kier alpha value is -2.64. The van der Waals surface area contributed by atoms with Crippen molar-refractivity contribution >= 4 is 23.6 Å². The van der Waals surface area contributed by atoms with Crippen LogP contribution in [0, 0.1) is 5.92 Å². The van der Waals surface area contributed by atoms with Crippen LogP contribution in [0.25, 0.3) is 0 Å². The zero-order valence-electron chi connectivity index (χ0n) is 20.2. The summed E-state index contributed by atoms with van der Waals surface area (Å²) in [6.07, 6.45) is 1.22. The average Bonchev–Trinajstić information content (AvgIpc) is 2.69. The summed E-state index contributed by atoms with van der Waals surface area (Å²) in [6.45, 7) is 14.5. The Bertz CT molecular complexity index is 820. The molecule has 178 valence electrons. The number of rotatable bonds is 3. The number of carbonyl (C=O) groups excluding carboxylic acids is 2. The first-order valence-electron chi connectivity index (χ1n) is 11.4. The molecule has 0 aliphatic carbocycles. The standard InChI is InChI=1S/C24H37N3O5/c1-23(2,3)31-21(28)25-16-17-9-11-26(12-10-17)18-7-8-20-19(15-18)27(13-14-30-20)22(29)32-24(4,5)6/h7-8,15,17H,9-14,16H2,1-6H3,(H,25,28). The van der Waals surface area contributed by atoms with E-state index in [1.165, 1.54) is 0 Å². The summed E-state index contributed by atoms with van der Waals surface area (Å²) >= 11 is 0. The topological polar surface area (TPSA) is 80.3 Å². The smallest absolute Gasteiger partial charge is 0.415 e. The number of hydrogen-bond donors (Lipinski definition) is 1. The van der Waals surface area contributed by atoms with Crippen LogP contribution in [0.5, 0.6) is 5.75 Å². The molecule has 0 aromatic heterocycles. The van der Waals surface area contributed by atoms with Crippen LogP contribution >= 0.6 is 0 Å². The van der Waals surface area contributed by atoms with Gasteiger partial charge in [0.05, 0.1) is 12.2 Å². The van der Waals surface area contributed by atoms with Crippen molar-refractivity contribution in [2.24, 2.45) is 5.92 Å². The molecule has 32 heavy (non-hydrogen) atoms. The molecule has 1 saturated heterocycles. The third-order valence-corrected chi connectivity index (χ3v) is 5.33. The minimum absolute atomic E-state index is 0.355. The van der Waals surface area contributed by atoms with Gasteiger partial charge in [0, 0.05) is 25.3 Å². The molecule has 0 radical (unpaired) electrons. The summed E-state index contributed by atoms with van der Waals surface area (Å²) < 4.78 is 16.7. The second-order valence-electron chi connectivity index (χ2n) is 10.4. The summed E-state index contributed by atoms with van der Waals surface area (Å²) in [6, 6.07) is 5.98. The molecule has 0 atom stereocenters. The van der Waals surface area contributed by atoms with Gasteiger partial charge in [-0.15, -0.1) is 0 Å². The van der Waals surface area contributed by atoms with E-state index in [1.807, 2.05) is 59.7 Å². The van der Waals surface area contributed by atoms with E-state index in [0.717, 1.165) is 37.3 Å². The van der Waals surface area contributed by atoms with E-state index in [-0.39, 0.29) is 12.2 Å². The molecule has 2 aliphatic rings. The largest absolute Gasteiger partial charge is 0.490 e. The van der Waals surface area contributed by atoms with E-state index >= 15 is 0 Å². The number of alkyl carbamates (subject to hydrolysis) is 1. The maximum atomic E-state index is 12.7. The first kappa shape index (κ1) is 24.0. The summed E-state index contributed by atoms with van der Waals surface area (Å²) in [5.74, 6) is 1.11. The molecule has 0 spiro atoms. The van der Waals surface area contributed by atoms with Gasteiger partial charge >= 0.3 is 12.2 Å². The van der Waals surface area contributed by atoms with Crippen LogP contribution in [0.3, 0.4) is 0 Å². The molecule has 8 nitrogen and oxygen atoms in total. The predicted octanol–water partition coefficient (Wildman–Crippen LogP) is 4.56. The maximum Gasteiger partial charge on any atom is 0.415 e. The second-order valence-corrected chi connectivity index (χ2v) is 10.4. The van der Waals surface area contributed by atoms with Crippen LogP contribution in [0.1, 0.15) is 54.4 Å². The second kappa shape index (κ2) is 9.46. The molecule has 2 heterocycles. The van der Waals surface area contributed by atoms with Crippen molar-refractivity contribution in [1.29, 1.82) is 0 Å². The minimum Gasteiger partial charge on any atom is -0.490 e. The molecule has 1 fully saturated rings. The molecule has 2 amide bonds. The highest BCUT2D eigenvalue weighted by Crippen LogP contribution is 2.37. The number of ether oxygens (including phenoxy) is 3. The van der Waals surface area contributed by atoms with Crippen molar-refractivity contribution in [2.45, 2.75) is 65.6 Å². The summed E-state index contributed by atoms with van der Waals surface area (Å²) in [4.78, 5) is 28.6. The Kier molecular flexibility index (Phi) is 7.10. The van der Waals surface area contributed by atoms with Crippen LogP contribution in [0.4, 0.5) is 21.0 Å². The van der Waals surface area contributed by atoms with Gasteiger partial charge in [-0.2, -0.15) is 0 Å². The Labute approximate surface area is 191 Å². The van der Waals surface area contributed by atoms with E-state index in [0.29, 0.717) is 31.4 Å². The lowest BCUT2D eigenvalue weighted by Gasteiger charge is -2.36. The van der Waals surface area contributed by atoms with Crippen LogP contribution in [0.15, 0.2) is 18.2 Å². The van der Waals surface area contributed by atoms with Crippen molar-refractivity contribution in [3.63, 3.8) is 0 Å². The fraction of sp³-hybridized carbons (Fsp3) is 0.667. The number of piperidine rings is 1. The fourth-order valence-electron chi connectivity index (χ4n) is 3.85. The number of benzene rings is 1. The fourth-order valence-corrected chi connectivity index (χ4v) is 3.85. The molecule has 0 saturated carbocycles. The zero-order chi connectivity index (χ0) is 23.5. The van der Waals surface area contributed by atoms with E-state index < -0.39 is 11.2 Å². The Balaban J connectivity index is 1.59. The molecule has 0 bridgehead atoms. The lowest BCUT2D eigenvalue weighted by atomic mass is 9.96. The molecule has 1 aromatic carbocycles. The van der Waals surface area contributed by atoms with Crippen molar-refractivity contribution < 1.29 is 23.8 Å². The highest BCUT2D eigenvalue weighted by Gasteiger charge is 2.29. The van der Waals surface area contributed by atoms with Gasteiger partial charge in [0.2, 0.25) is 0 Å². The number of nitrogens with zero attached hydrogens (tertiary/aromatic N) is 2. The van der Waals surface area contributed by atoms with Crippen molar-refractivity contribution in [3.05, 3.63) is 18.2 Å². The third-order valence-electron chi connectivity index (χ3n) is 5.33. The van der Waals surface area contributed by atoms with Gasteiger partial charge < -0.3 is 24.4 Å². The van der Waals surface area contributed by atoms with Crippen molar-refractivity contribution in [1.82, 2.24) is 5.32 Å². The first-order chi connectivity index (χ1) is 14.9. The molecule has 3 rings (SSSR count). The van der Waals surface area contributed by atoms with Crippen LogP contribution in [-0.2, 0) is 9.47 Å². The Morgan fingerprint density at radius 3 is 2.31 bits per heavy atom. The van der Waals surface area contributed by atoms with E-state index in [9.17, 15) is 9.59 Å². The van der Waals surface area contributed by atoms with Crippen LogP contribution in [-0.4, -0.2) is 56.2 Å². The summed E-state index contributed by atoms with van der Waals surface area (Å²) in [7, 11) is 0. The van der Waals surface area contributed by atoms with Gasteiger partial charge in [-0.1, -0.05) is 0 Å². The van der Waals surface area contributed by atoms with Crippen LogP contribution < -0.4 is 19.9 Å². The summed E-state index contributed by atoms with van der Waals surface area (Å²) in [5.41, 5.74) is 0.761. The predicted molar refractivity (Wildman–Crippen MR) is 125 cm³/mol.